The summed E-state index contributed by atoms with van der Waals surface area (Å²) >= 11 is 12.1. The van der Waals surface area contributed by atoms with Gasteiger partial charge in [0.1, 0.15) is 0 Å². The van der Waals surface area contributed by atoms with E-state index in [9.17, 15) is 0 Å². The quantitative estimate of drug-likeness (QED) is 0.895. The molecule has 2 fully saturated rings. The number of hydrogen-bond donors (Lipinski definition) is 1. The van der Waals surface area contributed by atoms with Crippen LogP contribution in [0.1, 0.15) is 18.4 Å². The van der Waals surface area contributed by atoms with Gasteiger partial charge in [-0.3, -0.25) is 4.90 Å². The Labute approximate surface area is 130 Å². The highest BCUT2D eigenvalue weighted by Gasteiger charge is 2.32. The zero-order chi connectivity index (χ0) is 12.5. The fraction of sp³-hybridized carbons (Fsp3) is 0.571. The molecule has 106 valence electrons. The van der Waals surface area contributed by atoms with E-state index in [2.05, 4.69) is 10.2 Å². The Kier molecular flexibility index (Phi) is 5.38. The average molecular weight is 322 g/mol. The van der Waals surface area contributed by atoms with Crippen LogP contribution in [0.4, 0.5) is 0 Å². The highest BCUT2D eigenvalue weighted by Crippen LogP contribution is 2.26. The molecular formula is C14H19Cl3N2. The smallest absolute Gasteiger partial charge is 0.0424 e. The van der Waals surface area contributed by atoms with Crippen molar-refractivity contribution in [3.63, 3.8) is 0 Å². The maximum absolute atomic E-state index is 6.04. The molecule has 2 nitrogen and oxygen atoms in total. The summed E-state index contributed by atoms with van der Waals surface area (Å²) in [5.41, 5.74) is 1.22. The van der Waals surface area contributed by atoms with E-state index >= 15 is 0 Å². The fourth-order valence-corrected chi connectivity index (χ4v) is 3.80. The summed E-state index contributed by atoms with van der Waals surface area (Å²) in [5.74, 6) is 0.827. The van der Waals surface area contributed by atoms with Gasteiger partial charge in [-0.25, -0.2) is 0 Å². The van der Waals surface area contributed by atoms with Crippen LogP contribution in [0.2, 0.25) is 10.0 Å². The number of likely N-dealkylation sites (tertiary alicyclic amines) is 1. The van der Waals surface area contributed by atoms with E-state index in [4.69, 9.17) is 23.2 Å². The van der Waals surface area contributed by atoms with Gasteiger partial charge < -0.3 is 5.32 Å². The number of fused-ring (bicyclic) bond motifs is 1. The average Bonchev–Trinajstić information content (AvgIpc) is 2.74. The summed E-state index contributed by atoms with van der Waals surface area (Å²) in [7, 11) is 0. The molecule has 0 aromatic heterocycles. The van der Waals surface area contributed by atoms with Crippen LogP contribution in [0, 0.1) is 5.92 Å². The Morgan fingerprint density at radius 1 is 1.16 bits per heavy atom. The van der Waals surface area contributed by atoms with Gasteiger partial charge in [0, 0.05) is 29.2 Å². The maximum Gasteiger partial charge on any atom is 0.0424 e. The van der Waals surface area contributed by atoms with Crippen molar-refractivity contribution in [2.24, 2.45) is 5.92 Å². The number of piperidine rings is 1. The highest BCUT2D eigenvalue weighted by molar-refractivity contribution is 6.34. The van der Waals surface area contributed by atoms with E-state index in [1.807, 2.05) is 12.1 Å². The number of rotatable bonds is 2. The van der Waals surface area contributed by atoms with Crippen LogP contribution in [0.25, 0.3) is 0 Å². The maximum atomic E-state index is 6.04. The molecular weight excluding hydrogens is 303 g/mol. The number of nitrogens with one attached hydrogen (secondary N) is 1. The Balaban J connectivity index is 0.00000133. The van der Waals surface area contributed by atoms with Crippen LogP contribution >= 0.6 is 35.6 Å². The van der Waals surface area contributed by atoms with Gasteiger partial charge >= 0.3 is 0 Å². The molecule has 0 saturated carbocycles. The lowest BCUT2D eigenvalue weighted by Gasteiger charge is -2.34. The molecule has 3 rings (SSSR count). The monoisotopic (exact) mass is 320 g/mol. The van der Waals surface area contributed by atoms with E-state index in [1.165, 1.54) is 31.5 Å². The summed E-state index contributed by atoms with van der Waals surface area (Å²) in [4.78, 5) is 2.52. The summed E-state index contributed by atoms with van der Waals surface area (Å²) in [6.07, 6.45) is 2.58. The molecule has 0 radical (unpaired) electrons. The van der Waals surface area contributed by atoms with Gasteiger partial charge in [0.2, 0.25) is 0 Å². The van der Waals surface area contributed by atoms with Gasteiger partial charge in [-0.1, -0.05) is 23.2 Å². The Morgan fingerprint density at radius 3 is 2.63 bits per heavy atom. The molecule has 0 bridgehead atoms. The van der Waals surface area contributed by atoms with E-state index in [1.54, 1.807) is 6.07 Å². The van der Waals surface area contributed by atoms with Crippen LogP contribution in [0.5, 0.6) is 0 Å². The fourth-order valence-electron chi connectivity index (χ4n) is 3.23. The van der Waals surface area contributed by atoms with Crippen molar-refractivity contribution in [3.8, 4) is 0 Å². The lowest BCUT2D eigenvalue weighted by Crippen LogP contribution is -2.43. The van der Waals surface area contributed by atoms with Gasteiger partial charge in [0.15, 0.2) is 0 Å². The van der Waals surface area contributed by atoms with Crippen molar-refractivity contribution in [2.45, 2.75) is 25.4 Å². The van der Waals surface area contributed by atoms with E-state index in [-0.39, 0.29) is 12.4 Å². The molecule has 0 amide bonds. The Bertz CT molecular complexity index is 418. The summed E-state index contributed by atoms with van der Waals surface area (Å²) < 4.78 is 0. The first kappa shape index (κ1) is 15.4. The zero-order valence-corrected chi connectivity index (χ0v) is 13.1. The lowest BCUT2D eigenvalue weighted by molar-refractivity contribution is 0.156. The first-order valence-electron chi connectivity index (χ1n) is 6.61. The number of halogens is 3. The molecule has 19 heavy (non-hydrogen) atoms. The summed E-state index contributed by atoms with van der Waals surface area (Å²) in [6.45, 7) is 4.51. The molecule has 5 heteroatoms. The van der Waals surface area contributed by atoms with E-state index < -0.39 is 0 Å². The molecule has 2 saturated heterocycles. The molecule has 0 spiro atoms. The second kappa shape index (κ2) is 6.64. The predicted molar refractivity (Wildman–Crippen MR) is 83.5 cm³/mol. The summed E-state index contributed by atoms with van der Waals surface area (Å²) in [5, 5.41) is 5.06. The molecule has 0 aliphatic carbocycles. The van der Waals surface area contributed by atoms with Crippen molar-refractivity contribution in [2.75, 3.05) is 19.6 Å². The molecule has 1 aromatic rings. The molecule has 2 atom stereocenters. The number of nitrogens with zero attached hydrogens (tertiary/aromatic N) is 1. The van der Waals surface area contributed by atoms with Crippen LogP contribution in [-0.4, -0.2) is 30.6 Å². The topological polar surface area (TPSA) is 15.3 Å². The minimum Gasteiger partial charge on any atom is -0.314 e. The standard InChI is InChI=1S/C14H18Cl2N2.ClH/c15-12-5-10(6-13(16)7-12)8-18-4-2-14-11(9-18)1-3-17-14;/h5-7,11,14,17H,1-4,8-9H2;1H. The minimum atomic E-state index is 0. The Morgan fingerprint density at radius 2 is 1.89 bits per heavy atom. The number of hydrogen-bond acceptors (Lipinski definition) is 2. The molecule has 1 aromatic carbocycles. The van der Waals surface area contributed by atoms with Crippen molar-refractivity contribution in [1.29, 1.82) is 0 Å². The zero-order valence-electron chi connectivity index (χ0n) is 10.7. The molecule has 2 aliphatic rings. The third kappa shape index (κ3) is 3.77. The van der Waals surface area contributed by atoms with E-state index in [0.717, 1.165) is 35.1 Å². The Hall–Kier alpha value is 0.01000. The SMILES string of the molecule is Cl.Clc1cc(Cl)cc(CN2CCC3NCCC3C2)c1. The van der Waals surface area contributed by atoms with Gasteiger partial charge in [0.05, 0.1) is 0 Å². The lowest BCUT2D eigenvalue weighted by atomic mass is 9.93. The second-order valence-corrected chi connectivity index (χ2v) is 6.28. The molecule has 2 heterocycles. The van der Waals surface area contributed by atoms with Gasteiger partial charge in [-0.15, -0.1) is 12.4 Å². The first-order valence-corrected chi connectivity index (χ1v) is 7.37. The second-order valence-electron chi connectivity index (χ2n) is 5.41. The van der Waals surface area contributed by atoms with Gasteiger partial charge in [-0.05, 0) is 55.6 Å². The van der Waals surface area contributed by atoms with Gasteiger partial charge in [0.25, 0.3) is 0 Å². The summed E-state index contributed by atoms with van der Waals surface area (Å²) in [6, 6.07) is 6.59. The van der Waals surface area contributed by atoms with Crippen molar-refractivity contribution in [1.82, 2.24) is 10.2 Å². The van der Waals surface area contributed by atoms with Crippen LogP contribution in [-0.2, 0) is 6.54 Å². The van der Waals surface area contributed by atoms with Gasteiger partial charge in [-0.2, -0.15) is 0 Å². The normalized spacial score (nSPS) is 26.8. The first-order chi connectivity index (χ1) is 8.70. The molecule has 2 aliphatic heterocycles. The van der Waals surface area contributed by atoms with Crippen LogP contribution < -0.4 is 5.32 Å². The highest BCUT2D eigenvalue weighted by atomic mass is 35.5. The van der Waals surface area contributed by atoms with Crippen LogP contribution in [0.15, 0.2) is 18.2 Å². The third-order valence-electron chi connectivity index (χ3n) is 4.07. The number of benzene rings is 1. The minimum absolute atomic E-state index is 0. The van der Waals surface area contributed by atoms with Crippen LogP contribution in [0.3, 0.4) is 0 Å². The van der Waals surface area contributed by atoms with Crippen molar-refractivity contribution in [3.05, 3.63) is 33.8 Å². The largest absolute Gasteiger partial charge is 0.314 e. The van der Waals surface area contributed by atoms with Crippen molar-refractivity contribution >= 4 is 35.6 Å². The molecule has 1 N–H and O–H groups in total. The van der Waals surface area contributed by atoms with E-state index in [0.29, 0.717) is 0 Å². The predicted octanol–water partition coefficient (Wildman–Crippen LogP) is 3.60. The van der Waals surface area contributed by atoms with Crippen molar-refractivity contribution < 1.29 is 0 Å². The molecule has 2 unspecified atom stereocenters. The third-order valence-corrected chi connectivity index (χ3v) is 4.50.